The lowest BCUT2D eigenvalue weighted by atomic mass is 9.93. The first-order valence-corrected chi connectivity index (χ1v) is 6.47. The summed E-state index contributed by atoms with van der Waals surface area (Å²) >= 11 is 0. The molecule has 0 aromatic heterocycles. The fourth-order valence-electron chi connectivity index (χ4n) is 2.08. The van der Waals surface area contributed by atoms with Crippen LogP contribution in [0, 0.1) is 0 Å². The number of rotatable bonds is 4. The summed E-state index contributed by atoms with van der Waals surface area (Å²) in [6.45, 7) is 3.87. The van der Waals surface area contributed by atoms with Crippen molar-refractivity contribution >= 4 is 12.2 Å². The van der Waals surface area contributed by atoms with Gasteiger partial charge in [-0.1, -0.05) is 48.5 Å². The van der Waals surface area contributed by atoms with Gasteiger partial charge in [0.2, 0.25) is 0 Å². The molecule has 0 aliphatic heterocycles. The summed E-state index contributed by atoms with van der Waals surface area (Å²) < 4.78 is 0. The monoisotopic (exact) mass is 267 g/mol. The van der Waals surface area contributed by atoms with Crippen molar-refractivity contribution in [2.75, 3.05) is 0 Å². The Balaban J connectivity index is 2.25. The van der Waals surface area contributed by atoms with Crippen LogP contribution in [0.5, 0.6) is 0 Å². The number of nitrogens with one attached hydrogen (secondary N) is 1. The number of carbonyl (C=O) groups is 2. The zero-order chi connectivity index (χ0) is 14.6. The SMILES string of the molecule is CC(C)(NC(=O)c1ccccc1C=O)c1ccccc1. The second kappa shape index (κ2) is 5.70. The van der Waals surface area contributed by atoms with E-state index in [-0.39, 0.29) is 5.91 Å². The molecule has 0 fully saturated rings. The first kappa shape index (κ1) is 14.0. The molecule has 1 N–H and O–H groups in total. The van der Waals surface area contributed by atoms with Crippen LogP contribution in [0.25, 0.3) is 0 Å². The number of amides is 1. The second-order valence-corrected chi connectivity index (χ2v) is 5.15. The molecule has 0 bridgehead atoms. The van der Waals surface area contributed by atoms with Crippen molar-refractivity contribution in [3.05, 3.63) is 71.3 Å². The Bertz CT molecular complexity index is 618. The molecule has 2 aromatic rings. The van der Waals surface area contributed by atoms with Gasteiger partial charge in [-0.2, -0.15) is 0 Å². The van der Waals surface area contributed by atoms with Crippen molar-refractivity contribution in [2.24, 2.45) is 0 Å². The first-order valence-electron chi connectivity index (χ1n) is 6.47. The van der Waals surface area contributed by atoms with Crippen LogP contribution in [-0.4, -0.2) is 12.2 Å². The quantitative estimate of drug-likeness (QED) is 0.865. The maximum Gasteiger partial charge on any atom is 0.252 e. The summed E-state index contributed by atoms with van der Waals surface area (Å²) in [7, 11) is 0. The molecule has 0 saturated carbocycles. The maximum atomic E-state index is 12.3. The molecule has 2 rings (SSSR count). The third-order valence-corrected chi connectivity index (χ3v) is 3.25. The van der Waals surface area contributed by atoms with Crippen molar-refractivity contribution < 1.29 is 9.59 Å². The normalized spacial score (nSPS) is 10.9. The van der Waals surface area contributed by atoms with Gasteiger partial charge in [0.15, 0.2) is 6.29 Å². The smallest absolute Gasteiger partial charge is 0.252 e. The molecule has 1 amide bonds. The van der Waals surface area contributed by atoms with Gasteiger partial charge in [0.05, 0.1) is 5.54 Å². The molecule has 2 aromatic carbocycles. The van der Waals surface area contributed by atoms with Crippen molar-refractivity contribution in [2.45, 2.75) is 19.4 Å². The summed E-state index contributed by atoms with van der Waals surface area (Å²) in [6.07, 6.45) is 0.699. The van der Waals surface area contributed by atoms with Gasteiger partial charge in [-0.05, 0) is 25.5 Å². The molecule has 0 saturated heterocycles. The molecule has 0 heterocycles. The minimum absolute atomic E-state index is 0.249. The van der Waals surface area contributed by atoms with Gasteiger partial charge in [0.1, 0.15) is 0 Å². The van der Waals surface area contributed by atoms with Crippen LogP contribution in [0.15, 0.2) is 54.6 Å². The number of hydrogen-bond donors (Lipinski definition) is 1. The highest BCUT2D eigenvalue weighted by Crippen LogP contribution is 2.20. The minimum Gasteiger partial charge on any atom is -0.343 e. The van der Waals surface area contributed by atoms with Gasteiger partial charge in [-0.15, -0.1) is 0 Å². The van der Waals surface area contributed by atoms with Crippen LogP contribution < -0.4 is 5.32 Å². The fraction of sp³-hybridized carbons (Fsp3) is 0.176. The highest BCUT2D eigenvalue weighted by atomic mass is 16.2. The highest BCUT2D eigenvalue weighted by Gasteiger charge is 2.24. The number of benzene rings is 2. The molecule has 3 nitrogen and oxygen atoms in total. The largest absolute Gasteiger partial charge is 0.343 e. The van der Waals surface area contributed by atoms with Crippen LogP contribution >= 0.6 is 0 Å². The van der Waals surface area contributed by atoms with Crippen molar-refractivity contribution in [3.63, 3.8) is 0 Å². The fourth-order valence-corrected chi connectivity index (χ4v) is 2.08. The average molecular weight is 267 g/mol. The summed E-state index contributed by atoms with van der Waals surface area (Å²) in [6, 6.07) is 16.5. The van der Waals surface area contributed by atoms with Gasteiger partial charge < -0.3 is 5.32 Å². The third kappa shape index (κ3) is 2.94. The highest BCUT2D eigenvalue weighted by molar-refractivity contribution is 6.01. The standard InChI is InChI=1S/C17H17NO2/c1-17(2,14-9-4-3-5-10-14)18-16(20)15-11-7-6-8-13(15)12-19/h3-12H,1-2H3,(H,18,20). The Hall–Kier alpha value is -2.42. The van der Waals surface area contributed by atoms with E-state index >= 15 is 0 Å². The second-order valence-electron chi connectivity index (χ2n) is 5.15. The van der Waals surface area contributed by atoms with E-state index in [1.165, 1.54) is 0 Å². The molecule has 3 heteroatoms. The molecular weight excluding hydrogens is 250 g/mol. The van der Waals surface area contributed by atoms with E-state index in [0.29, 0.717) is 17.4 Å². The Morgan fingerprint density at radius 1 is 1.00 bits per heavy atom. The van der Waals surface area contributed by atoms with Gasteiger partial charge in [0.25, 0.3) is 5.91 Å². The van der Waals surface area contributed by atoms with Crippen LogP contribution in [0.4, 0.5) is 0 Å². The van der Waals surface area contributed by atoms with Crippen molar-refractivity contribution in [1.29, 1.82) is 0 Å². The average Bonchev–Trinajstić information content (AvgIpc) is 2.47. The van der Waals surface area contributed by atoms with Gasteiger partial charge in [0, 0.05) is 11.1 Å². The van der Waals surface area contributed by atoms with E-state index in [0.717, 1.165) is 5.56 Å². The molecule has 20 heavy (non-hydrogen) atoms. The zero-order valence-electron chi connectivity index (χ0n) is 11.6. The summed E-state index contributed by atoms with van der Waals surface area (Å²) in [4.78, 5) is 23.3. The minimum atomic E-state index is -0.506. The molecule has 0 aliphatic carbocycles. The van der Waals surface area contributed by atoms with Crippen molar-refractivity contribution in [1.82, 2.24) is 5.32 Å². The van der Waals surface area contributed by atoms with Gasteiger partial charge in [-0.3, -0.25) is 9.59 Å². The molecule has 0 aliphatic rings. The Morgan fingerprint density at radius 2 is 1.60 bits per heavy atom. The van der Waals surface area contributed by atoms with E-state index in [1.807, 2.05) is 44.2 Å². The topological polar surface area (TPSA) is 46.2 Å². The predicted octanol–water partition coefficient (Wildman–Crippen LogP) is 3.16. The Morgan fingerprint density at radius 3 is 2.25 bits per heavy atom. The lowest BCUT2D eigenvalue weighted by Crippen LogP contribution is -2.41. The van der Waals surface area contributed by atoms with Crippen molar-refractivity contribution in [3.8, 4) is 0 Å². The number of hydrogen-bond acceptors (Lipinski definition) is 2. The van der Waals surface area contributed by atoms with E-state index in [4.69, 9.17) is 0 Å². The van der Waals surface area contributed by atoms with Gasteiger partial charge in [-0.25, -0.2) is 0 Å². The molecule has 0 unspecified atom stereocenters. The number of aldehydes is 1. The van der Waals surface area contributed by atoms with Crippen LogP contribution in [0.3, 0.4) is 0 Å². The first-order chi connectivity index (χ1) is 9.54. The van der Waals surface area contributed by atoms with E-state index in [9.17, 15) is 9.59 Å². The predicted molar refractivity (Wildman–Crippen MR) is 78.8 cm³/mol. The van der Waals surface area contributed by atoms with E-state index in [2.05, 4.69) is 5.32 Å². The van der Waals surface area contributed by atoms with E-state index < -0.39 is 5.54 Å². The summed E-state index contributed by atoms with van der Waals surface area (Å²) in [5.74, 6) is -0.249. The molecular formula is C17H17NO2. The maximum absolute atomic E-state index is 12.3. The number of carbonyl (C=O) groups excluding carboxylic acids is 2. The molecule has 102 valence electrons. The zero-order valence-corrected chi connectivity index (χ0v) is 11.6. The molecule has 0 radical (unpaired) electrons. The Labute approximate surface area is 118 Å². The van der Waals surface area contributed by atoms with Crippen LogP contribution in [0.1, 0.15) is 40.1 Å². The summed E-state index contributed by atoms with van der Waals surface area (Å²) in [5.41, 5.74) is 1.30. The van der Waals surface area contributed by atoms with Crippen LogP contribution in [0.2, 0.25) is 0 Å². The molecule has 0 atom stereocenters. The Kier molecular flexibility index (Phi) is 3.99. The van der Waals surface area contributed by atoms with Gasteiger partial charge >= 0.3 is 0 Å². The lowest BCUT2D eigenvalue weighted by molar-refractivity contribution is 0.0907. The van der Waals surface area contributed by atoms with Crippen LogP contribution in [-0.2, 0) is 5.54 Å². The molecule has 0 spiro atoms. The van der Waals surface area contributed by atoms with E-state index in [1.54, 1.807) is 24.3 Å². The lowest BCUT2D eigenvalue weighted by Gasteiger charge is -2.27. The summed E-state index contributed by atoms with van der Waals surface area (Å²) in [5, 5.41) is 2.97. The third-order valence-electron chi connectivity index (χ3n) is 3.25.